The Hall–Kier alpha value is -3.06. The van der Waals surface area contributed by atoms with Gasteiger partial charge in [0, 0.05) is 11.1 Å². The summed E-state index contributed by atoms with van der Waals surface area (Å²) in [5.41, 5.74) is 15.6. The van der Waals surface area contributed by atoms with E-state index in [4.69, 9.17) is 22.3 Å². The summed E-state index contributed by atoms with van der Waals surface area (Å²) in [6, 6.07) is 10.9. The zero-order valence-corrected chi connectivity index (χ0v) is 16.9. The van der Waals surface area contributed by atoms with Gasteiger partial charge < -0.3 is 21.4 Å². The number of H-pyrrole nitrogens is 2. The number of rotatable bonds is 4. The number of nitrogens with zero attached hydrogens (tertiary/aromatic N) is 2. The number of hydrogen-bond donors (Lipinski definition) is 6. The Labute approximate surface area is 161 Å². The van der Waals surface area contributed by atoms with Crippen molar-refractivity contribution in [2.24, 2.45) is 11.5 Å². The predicted octanol–water partition coefficient (Wildman–Crippen LogP) is 1.60. The van der Waals surface area contributed by atoms with Gasteiger partial charge in [0.05, 0.1) is 28.5 Å². The fraction of sp³-hybridized carbons (Fsp3) is 0.0588. The topological polar surface area (TPSA) is 157 Å². The van der Waals surface area contributed by atoms with E-state index in [0.29, 0.717) is 17.5 Å². The van der Waals surface area contributed by atoms with Crippen LogP contribution in [0.2, 0.25) is 0 Å². The van der Waals surface area contributed by atoms with Gasteiger partial charge in [-0.05, 0) is 36.4 Å². The number of aromatic nitrogens is 4. The van der Waals surface area contributed by atoms with Gasteiger partial charge in [0.2, 0.25) is 0 Å². The van der Waals surface area contributed by atoms with Crippen molar-refractivity contribution in [2.75, 3.05) is 0 Å². The normalized spacial score (nSPS) is 10.8. The molecule has 4 rings (SSSR count). The fourth-order valence-electron chi connectivity index (χ4n) is 2.79. The number of nitrogens with one attached hydrogen (secondary N) is 4. The molecule has 124 valence electrons. The van der Waals surface area contributed by atoms with Crippen molar-refractivity contribution in [1.29, 1.82) is 10.8 Å². The SMILES string of the molecule is N=C(N)c1ccc2nc(Cc3nc4ccc(C(=N)N)cc4[nH]3)[nH]c2c1.[Zn+2]. The smallest absolute Gasteiger partial charge is 0.384 e. The first-order chi connectivity index (χ1) is 12.0. The molecule has 0 aliphatic heterocycles. The van der Waals surface area contributed by atoms with E-state index in [1.165, 1.54) is 0 Å². The summed E-state index contributed by atoms with van der Waals surface area (Å²) in [6.07, 6.45) is 0.508. The number of benzene rings is 2. The molecule has 2 aromatic heterocycles. The molecule has 0 aliphatic carbocycles. The molecule has 9 heteroatoms. The second-order valence-electron chi connectivity index (χ2n) is 5.83. The molecule has 0 radical (unpaired) electrons. The third kappa shape index (κ3) is 3.21. The van der Waals surface area contributed by atoms with Crippen LogP contribution in [0.1, 0.15) is 22.8 Å². The second kappa shape index (κ2) is 6.69. The van der Waals surface area contributed by atoms with Crippen LogP contribution in [-0.2, 0) is 25.9 Å². The maximum atomic E-state index is 7.51. The first kappa shape index (κ1) is 17.8. The molecule has 0 saturated heterocycles. The average Bonchev–Trinajstić information content (AvgIpc) is 3.15. The quantitative estimate of drug-likeness (QED) is 0.175. The second-order valence-corrected chi connectivity index (χ2v) is 5.83. The van der Waals surface area contributed by atoms with Crippen LogP contribution >= 0.6 is 0 Å². The van der Waals surface area contributed by atoms with Crippen molar-refractivity contribution < 1.29 is 19.5 Å². The molecular weight excluding hydrogens is 382 g/mol. The van der Waals surface area contributed by atoms with Gasteiger partial charge in [-0.25, -0.2) is 9.97 Å². The molecule has 4 aromatic rings. The molecule has 0 atom stereocenters. The van der Waals surface area contributed by atoms with E-state index in [2.05, 4.69) is 19.9 Å². The summed E-state index contributed by atoms with van der Waals surface area (Å²) in [5, 5.41) is 15.0. The molecule has 0 unspecified atom stereocenters. The van der Waals surface area contributed by atoms with E-state index in [1.54, 1.807) is 12.1 Å². The molecule has 0 spiro atoms. The predicted molar refractivity (Wildman–Crippen MR) is 97.0 cm³/mol. The van der Waals surface area contributed by atoms with E-state index < -0.39 is 0 Å². The van der Waals surface area contributed by atoms with Crippen molar-refractivity contribution in [3.8, 4) is 0 Å². The molecule has 8 N–H and O–H groups in total. The summed E-state index contributed by atoms with van der Waals surface area (Å²) < 4.78 is 0. The number of nitrogen functional groups attached to an aromatic ring is 2. The first-order valence-corrected chi connectivity index (χ1v) is 7.65. The largest absolute Gasteiger partial charge is 2.00 e. The molecule has 2 heterocycles. The van der Waals surface area contributed by atoms with Gasteiger partial charge in [-0.15, -0.1) is 0 Å². The molecule has 26 heavy (non-hydrogen) atoms. The van der Waals surface area contributed by atoms with Crippen LogP contribution in [0.15, 0.2) is 36.4 Å². The molecule has 8 nitrogen and oxygen atoms in total. The van der Waals surface area contributed by atoms with E-state index in [9.17, 15) is 0 Å². The fourth-order valence-corrected chi connectivity index (χ4v) is 2.79. The van der Waals surface area contributed by atoms with E-state index in [1.807, 2.05) is 24.3 Å². The molecular formula is C17H16N8Zn+2. The minimum atomic E-state index is 0. The van der Waals surface area contributed by atoms with Crippen LogP contribution in [0.5, 0.6) is 0 Å². The number of nitrogens with two attached hydrogens (primary N) is 2. The van der Waals surface area contributed by atoms with Crippen molar-refractivity contribution in [2.45, 2.75) is 6.42 Å². The van der Waals surface area contributed by atoms with E-state index >= 15 is 0 Å². The van der Waals surface area contributed by atoms with Gasteiger partial charge in [0.25, 0.3) is 0 Å². The van der Waals surface area contributed by atoms with Crippen LogP contribution in [0, 0.1) is 10.8 Å². The van der Waals surface area contributed by atoms with Crippen LogP contribution in [0.3, 0.4) is 0 Å². The van der Waals surface area contributed by atoms with Crippen LogP contribution in [0.4, 0.5) is 0 Å². The monoisotopic (exact) mass is 396 g/mol. The molecule has 0 amide bonds. The Morgan fingerprint density at radius 1 is 0.808 bits per heavy atom. The summed E-state index contributed by atoms with van der Waals surface area (Å²) in [5.74, 6) is 1.58. The molecule has 0 aliphatic rings. The van der Waals surface area contributed by atoms with Gasteiger partial charge in [0.1, 0.15) is 23.3 Å². The molecule has 0 bridgehead atoms. The van der Waals surface area contributed by atoms with E-state index in [0.717, 1.165) is 33.7 Å². The Bertz CT molecular complexity index is 1050. The average molecular weight is 398 g/mol. The summed E-state index contributed by atoms with van der Waals surface area (Å²) >= 11 is 0. The number of imidazole rings is 2. The summed E-state index contributed by atoms with van der Waals surface area (Å²) in [6.45, 7) is 0. The number of aromatic amines is 2. The minimum absolute atomic E-state index is 0. The van der Waals surface area contributed by atoms with Crippen molar-refractivity contribution >= 4 is 33.7 Å². The van der Waals surface area contributed by atoms with Crippen molar-refractivity contribution in [3.05, 3.63) is 59.2 Å². The summed E-state index contributed by atoms with van der Waals surface area (Å²) in [4.78, 5) is 15.6. The number of hydrogen-bond acceptors (Lipinski definition) is 4. The Morgan fingerprint density at radius 3 is 1.62 bits per heavy atom. The Kier molecular flexibility index (Phi) is 4.57. The van der Waals surface area contributed by atoms with Gasteiger partial charge in [0.15, 0.2) is 0 Å². The maximum Gasteiger partial charge on any atom is 2.00 e. The standard InChI is InChI=1S/C17H16N8.Zn/c18-16(19)8-1-3-10-12(5-8)24-14(22-10)7-15-23-11-4-2-9(17(20)21)6-13(11)25-15;/h1-6H,7H2,(H3,18,19)(H3,20,21)(H,22,24)(H,23,25);/q;+2. The van der Waals surface area contributed by atoms with Gasteiger partial charge in [-0.3, -0.25) is 10.8 Å². The van der Waals surface area contributed by atoms with Gasteiger partial charge in [-0.2, -0.15) is 0 Å². The maximum absolute atomic E-state index is 7.51. The first-order valence-electron chi connectivity index (χ1n) is 7.65. The number of fused-ring (bicyclic) bond motifs is 2. The van der Waals surface area contributed by atoms with Crippen LogP contribution in [-0.4, -0.2) is 31.6 Å². The molecule has 0 saturated carbocycles. The zero-order chi connectivity index (χ0) is 17.6. The zero-order valence-electron chi connectivity index (χ0n) is 13.9. The van der Waals surface area contributed by atoms with Crippen LogP contribution in [0.25, 0.3) is 22.1 Å². The Balaban J connectivity index is 0.00000196. The van der Waals surface area contributed by atoms with Gasteiger partial charge in [-0.1, -0.05) is 0 Å². The molecule has 0 fully saturated rings. The van der Waals surface area contributed by atoms with Crippen molar-refractivity contribution in [3.63, 3.8) is 0 Å². The summed E-state index contributed by atoms with van der Waals surface area (Å²) in [7, 11) is 0. The van der Waals surface area contributed by atoms with E-state index in [-0.39, 0.29) is 31.1 Å². The third-order valence-electron chi connectivity index (χ3n) is 4.02. The Morgan fingerprint density at radius 2 is 1.23 bits per heavy atom. The molecule has 2 aromatic carbocycles. The third-order valence-corrected chi connectivity index (χ3v) is 4.02. The van der Waals surface area contributed by atoms with Crippen LogP contribution < -0.4 is 11.5 Å². The van der Waals surface area contributed by atoms with Crippen molar-refractivity contribution in [1.82, 2.24) is 19.9 Å². The minimum Gasteiger partial charge on any atom is -0.384 e. The van der Waals surface area contributed by atoms with Gasteiger partial charge >= 0.3 is 19.5 Å². The number of amidine groups is 2.